The highest BCUT2D eigenvalue weighted by atomic mass is 32.2. The molecular formula is C20H17N3O3S. The van der Waals surface area contributed by atoms with Gasteiger partial charge in [0.05, 0.1) is 10.9 Å². The van der Waals surface area contributed by atoms with Crippen molar-refractivity contribution in [2.24, 2.45) is 0 Å². The first-order chi connectivity index (χ1) is 13.1. The Balaban J connectivity index is 1.54. The topological polar surface area (TPSA) is 73.2 Å². The normalized spacial score (nSPS) is 14.0. The Bertz CT molecular complexity index is 1000. The molecule has 0 radical (unpaired) electrons. The van der Waals surface area contributed by atoms with Gasteiger partial charge in [-0.2, -0.15) is 0 Å². The Kier molecular flexibility index (Phi) is 4.68. The fourth-order valence-corrected chi connectivity index (χ4v) is 3.81. The van der Waals surface area contributed by atoms with Gasteiger partial charge in [0.15, 0.2) is 17.5 Å². The van der Waals surface area contributed by atoms with Crippen LogP contribution in [0.3, 0.4) is 0 Å². The summed E-state index contributed by atoms with van der Waals surface area (Å²) in [5, 5.41) is 3.14. The molecule has 4 rings (SSSR count). The van der Waals surface area contributed by atoms with Crippen LogP contribution in [0.5, 0.6) is 5.75 Å². The van der Waals surface area contributed by atoms with Crippen molar-refractivity contribution < 1.29 is 14.3 Å². The van der Waals surface area contributed by atoms with E-state index in [1.54, 1.807) is 24.4 Å². The maximum Gasteiger partial charge on any atom is 0.262 e. The van der Waals surface area contributed by atoms with Crippen molar-refractivity contribution in [2.45, 2.75) is 17.3 Å². The van der Waals surface area contributed by atoms with Crippen molar-refractivity contribution in [3.05, 3.63) is 66.5 Å². The van der Waals surface area contributed by atoms with Crippen LogP contribution in [-0.2, 0) is 4.79 Å². The first-order valence-electron chi connectivity index (χ1n) is 8.48. The average molecular weight is 379 g/mol. The number of benzene rings is 2. The van der Waals surface area contributed by atoms with Gasteiger partial charge in [-0.05, 0) is 37.3 Å². The van der Waals surface area contributed by atoms with E-state index in [-0.39, 0.29) is 23.5 Å². The number of nitrogens with one attached hydrogen (secondary N) is 1. The van der Waals surface area contributed by atoms with Crippen molar-refractivity contribution in [3.8, 4) is 11.4 Å². The van der Waals surface area contributed by atoms with Crippen LogP contribution in [0.1, 0.15) is 17.3 Å². The number of ether oxygens (including phenoxy) is 1. The smallest absolute Gasteiger partial charge is 0.262 e. The maximum atomic E-state index is 12.9. The van der Waals surface area contributed by atoms with Crippen LogP contribution in [0.2, 0.25) is 0 Å². The summed E-state index contributed by atoms with van der Waals surface area (Å²) in [5.74, 6) is 0.315. The minimum absolute atomic E-state index is 0.00527. The first-order valence-corrected chi connectivity index (χ1v) is 9.36. The summed E-state index contributed by atoms with van der Waals surface area (Å²) in [6, 6.07) is 15.0. The molecule has 1 aliphatic heterocycles. The van der Waals surface area contributed by atoms with Gasteiger partial charge in [0.1, 0.15) is 5.75 Å². The summed E-state index contributed by atoms with van der Waals surface area (Å²) in [6.45, 7) is 1.85. The lowest BCUT2D eigenvalue weighted by Crippen LogP contribution is -2.25. The summed E-state index contributed by atoms with van der Waals surface area (Å²) >= 11 is 1.40. The van der Waals surface area contributed by atoms with Crippen LogP contribution in [0.15, 0.2) is 66.1 Å². The number of amides is 1. The number of nitrogens with zero attached hydrogens (tertiary/aromatic N) is 2. The van der Waals surface area contributed by atoms with E-state index in [9.17, 15) is 9.59 Å². The fourth-order valence-electron chi connectivity index (χ4n) is 2.84. The lowest BCUT2D eigenvalue weighted by atomic mass is 10.1. The minimum atomic E-state index is -0.340. The quantitative estimate of drug-likeness (QED) is 0.542. The van der Waals surface area contributed by atoms with Gasteiger partial charge in [0, 0.05) is 23.6 Å². The van der Waals surface area contributed by atoms with E-state index in [4.69, 9.17) is 4.74 Å². The molecule has 1 atom stereocenters. The number of para-hydroxylation sites is 1. The van der Waals surface area contributed by atoms with Gasteiger partial charge >= 0.3 is 0 Å². The highest BCUT2D eigenvalue weighted by Crippen LogP contribution is 2.31. The lowest BCUT2D eigenvalue weighted by Gasteiger charge is -2.19. The van der Waals surface area contributed by atoms with E-state index in [2.05, 4.69) is 10.3 Å². The molecule has 1 amide bonds. The second kappa shape index (κ2) is 7.28. The van der Waals surface area contributed by atoms with Crippen molar-refractivity contribution in [2.75, 3.05) is 11.9 Å². The Morgan fingerprint density at radius 3 is 2.89 bits per heavy atom. The van der Waals surface area contributed by atoms with E-state index < -0.39 is 0 Å². The number of Topliss-reactive ketones (excluding diaryl/α,β-unsaturated/α-hetero) is 1. The predicted octanol–water partition coefficient (Wildman–Crippen LogP) is 3.57. The zero-order chi connectivity index (χ0) is 18.8. The summed E-state index contributed by atoms with van der Waals surface area (Å²) in [6.07, 6.45) is 3.60. The zero-order valence-corrected chi connectivity index (χ0v) is 15.4. The molecular weight excluding hydrogens is 362 g/mol. The number of carbonyl (C=O) groups excluding carboxylic acids is 2. The lowest BCUT2D eigenvalue weighted by molar-refractivity contribution is -0.118. The number of hydrogen-bond donors (Lipinski definition) is 1. The van der Waals surface area contributed by atoms with Crippen LogP contribution >= 0.6 is 11.8 Å². The number of anilines is 1. The number of aromatic nitrogens is 2. The molecule has 136 valence electrons. The van der Waals surface area contributed by atoms with E-state index >= 15 is 0 Å². The fraction of sp³-hybridized carbons (Fsp3) is 0.150. The second-order valence-corrected chi connectivity index (χ2v) is 7.40. The molecule has 0 unspecified atom stereocenters. The molecule has 1 N–H and O–H groups in total. The third-order valence-electron chi connectivity index (χ3n) is 4.19. The van der Waals surface area contributed by atoms with Gasteiger partial charge in [-0.3, -0.25) is 14.2 Å². The summed E-state index contributed by atoms with van der Waals surface area (Å²) in [5.41, 5.74) is 2.04. The molecule has 0 bridgehead atoms. The SMILES string of the molecule is C[C@H](Sc1nccn1-c1ccccc1)C(=O)c1ccc2c(c1)NC(=O)CO2. The Morgan fingerprint density at radius 2 is 2.07 bits per heavy atom. The minimum Gasteiger partial charge on any atom is -0.482 e. The van der Waals surface area contributed by atoms with Gasteiger partial charge in [0.2, 0.25) is 0 Å². The average Bonchev–Trinajstić information content (AvgIpc) is 3.15. The van der Waals surface area contributed by atoms with Crippen molar-refractivity contribution in [3.63, 3.8) is 0 Å². The Hall–Kier alpha value is -3.06. The molecule has 0 saturated heterocycles. The van der Waals surface area contributed by atoms with Crippen LogP contribution in [0.25, 0.3) is 5.69 Å². The molecule has 1 aromatic heterocycles. The van der Waals surface area contributed by atoms with E-state index in [1.165, 1.54) is 11.8 Å². The molecule has 3 aromatic rings. The van der Waals surface area contributed by atoms with Crippen molar-refractivity contribution >= 4 is 29.1 Å². The number of fused-ring (bicyclic) bond motifs is 1. The molecule has 0 spiro atoms. The van der Waals surface area contributed by atoms with E-state index in [0.29, 0.717) is 17.0 Å². The first kappa shape index (κ1) is 17.4. The van der Waals surface area contributed by atoms with Gasteiger partial charge in [-0.15, -0.1) is 0 Å². The summed E-state index contributed by atoms with van der Waals surface area (Å²) < 4.78 is 7.29. The highest BCUT2D eigenvalue weighted by molar-refractivity contribution is 8.00. The molecule has 7 heteroatoms. The van der Waals surface area contributed by atoms with Crippen LogP contribution in [-0.4, -0.2) is 33.1 Å². The number of carbonyl (C=O) groups is 2. The Labute approximate surface area is 160 Å². The van der Waals surface area contributed by atoms with Crippen LogP contribution in [0.4, 0.5) is 5.69 Å². The molecule has 0 saturated carbocycles. The van der Waals surface area contributed by atoms with Gasteiger partial charge in [0.25, 0.3) is 5.91 Å². The van der Waals surface area contributed by atoms with E-state index in [0.717, 1.165) is 10.8 Å². The molecule has 0 fully saturated rings. The largest absolute Gasteiger partial charge is 0.482 e. The molecule has 27 heavy (non-hydrogen) atoms. The number of hydrogen-bond acceptors (Lipinski definition) is 5. The van der Waals surface area contributed by atoms with Gasteiger partial charge in [-0.1, -0.05) is 30.0 Å². The standard InChI is InChI=1S/C20H17N3O3S/c1-13(27-20-21-9-10-23(20)15-5-3-2-4-6-15)19(25)14-7-8-17-16(11-14)22-18(24)12-26-17/h2-11,13H,12H2,1H3,(H,22,24)/t13-/m0/s1. The maximum absolute atomic E-state index is 12.9. The third kappa shape index (κ3) is 3.59. The number of rotatable bonds is 5. The number of thioether (sulfide) groups is 1. The van der Waals surface area contributed by atoms with E-state index in [1.807, 2.05) is 48.0 Å². The monoisotopic (exact) mass is 379 g/mol. The van der Waals surface area contributed by atoms with Crippen molar-refractivity contribution in [1.29, 1.82) is 0 Å². The molecule has 1 aliphatic rings. The highest BCUT2D eigenvalue weighted by Gasteiger charge is 2.22. The second-order valence-electron chi connectivity index (χ2n) is 6.09. The Morgan fingerprint density at radius 1 is 1.26 bits per heavy atom. The summed E-state index contributed by atoms with van der Waals surface area (Å²) in [7, 11) is 0. The summed E-state index contributed by atoms with van der Waals surface area (Å²) in [4.78, 5) is 28.7. The molecule has 2 heterocycles. The molecule has 2 aromatic carbocycles. The van der Waals surface area contributed by atoms with Crippen molar-refractivity contribution in [1.82, 2.24) is 9.55 Å². The zero-order valence-electron chi connectivity index (χ0n) is 14.6. The molecule has 6 nitrogen and oxygen atoms in total. The van der Waals surface area contributed by atoms with Crippen LogP contribution in [0, 0.1) is 0 Å². The predicted molar refractivity (Wildman–Crippen MR) is 104 cm³/mol. The number of imidazole rings is 1. The van der Waals surface area contributed by atoms with Gasteiger partial charge < -0.3 is 10.1 Å². The number of ketones is 1. The van der Waals surface area contributed by atoms with Gasteiger partial charge in [-0.25, -0.2) is 4.98 Å². The van der Waals surface area contributed by atoms with Crippen LogP contribution < -0.4 is 10.1 Å². The third-order valence-corrected chi connectivity index (χ3v) is 5.27. The molecule has 0 aliphatic carbocycles.